The summed E-state index contributed by atoms with van der Waals surface area (Å²) in [6.07, 6.45) is 0. The lowest BCUT2D eigenvalue weighted by Gasteiger charge is -2.10. The molecule has 8 heteroatoms. The maximum Gasteiger partial charge on any atom is 0.338 e. The summed E-state index contributed by atoms with van der Waals surface area (Å²) < 4.78 is 10.2. The zero-order valence-corrected chi connectivity index (χ0v) is 21.0. The van der Waals surface area contributed by atoms with Crippen LogP contribution >= 0.6 is 39.1 Å². The second-order valence-electron chi connectivity index (χ2n) is 6.66. The summed E-state index contributed by atoms with van der Waals surface area (Å²) in [6.45, 7) is 1.67. The number of rotatable bonds is 8. The lowest BCUT2D eigenvalue weighted by atomic mass is 10.2. The molecule has 0 aliphatic carbocycles. The van der Waals surface area contributed by atoms with E-state index < -0.39 is 27.7 Å². The Hall–Kier alpha value is -1.99. The predicted octanol–water partition coefficient (Wildman–Crippen LogP) is 6.57. The number of hydrogen-bond donors (Lipinski definition) is 0. The maximum atomic E-state index is 12.3. The topological polar surface area (TPSA) is 52.6 Å². The Kier molecular flexibility index (Phi) is 9.05. The van der Waals surface area contributed by atoms with Crippen LogP contribution in [0.15, 0.2) is 87.5 Å². The molecule has 0 fully saturated rings. The van der Waals surface area contributed by atoms with Crippen LogP contribution in [0.3, 0.4) is 0 Å². The summed E-state index contributed by atoms with van der Waals surface area (Å²) in [6, 6.07) is 22.7. The van der Waals surface area contributed by atoms with E-state index in [4.69, 9.17) is 32.7 Å². The van der Waals surface area contributed by atoms with Crippen molar-refractivity contribution < 1.29 is 19.1 Å². The normalized spacial score (nSPS) is 11.8. The van der Waals surface area contributed by atoms with Gasteiger partial charge in [-0.2, -0.15) is 0 Å². The lowest BCUT2D eigenvalue weighted by Crippen LogP contribution is -2.18. The number of halogens is 3. The fourth-order valence-corrected chi connectivity index (χ4v) is 5.18. The van der Waals surface area contributed by atoms with Crippen LogP contribution < -0.4 is 0 Å². The molecule has 0 bridgehead atoms. The van der Waals surface area contributed by atoms with Gasteiger partial charge in [0, 0.05) is 10.0 Å². The molecular weight excluding hydrogens is 535 g/mol. The van der Waals surface area contributed by atoms with Crippen molar-refractivity contribution in [3.8, 4) is 0 Å². The fourth-order valence-electron chi connectivity index (χ4n) is 2.75. The highest BCUT2D eigenvalue weighted by atomic mass is 79.9. The first-order valence-corrected chi connectivity index (χ1v) is 12.6. The first kappa shape index (κ1) is 24.6. The molecular formula is C24H20BrCl2O4S+. The Morgan fingerprint density at radius 1 is 0.781 bits per heavy atom. The number of carbonyl (C=O) groups excluding carboxylic acids is 2. The molecule has 1 atom stereocenters. The first-order valence-electron chi connectivity index (χ1n) is 9.68. The van der Waals surface area contributed by atoms with E-state index >= 15 is 0 Å². The standard InChI is InChI=1S/C24H20BrCl2O4S/c1-16(25)23(28)30-14-15-31-24(29)17-2-8-20(9-3-17)32(21-10-4-18(26)5-11-21)22-12-6-19(27)7-13-22/h2-13,16H,14-15H2,1H3/q+1. The molecule has 0 N–H and O–H groups in total. The highest BCUT2D eigenvalue weighted by Crippen LogP contribution is 2.32. The molecule has 4 nitrogen and oxygen atoms in total. The number of esters is 2. The molecule has 0 saturated heterocycles. The van der Waals surface area contributed by atoms with Crippen molar-refractivity contribution in [2.45, 2.75) is 26.4 Å². The van der Waals surface area contributed by atoms with Crippen molar-refractivity contribution in [3.63, 3.8) is 0 Å². The molecule has 0 amide bonds. The molecule has 166 valence electrons. The third-order valence-electron chi connectivity index (χ3n) is 4.31. The summed E-state index contributed by atoms with van der Waals surface area (Å²) in [5, 5.41) is 1.34. The van der Waals surface area contributed by atoms with Crippen LogP contribution in [-0.2, 0) is 25.2 Å². The van der Waals surface area contributed by atoms with Crippen LogP contribution in [-0.4, -0.2) is 30.0 Å². The molecule has 3 rings (SSSR count). The Labute approximate surface area is 208 Å². The van der Waals surface area contributed by atoms with Crippen LogP contribution in [0, 0.1) is 0 Å². The van der Waals surface area contributed by atoms with Crippen LogP contribution in [0.4, 0.5) is 0 Å². The SMILES string of the molecule is CC(Br)C(=O)OCCOC(=O)c1ccc([S+](c2ccc(Cl)cc2)c2ccc(Cl)cc2)cc1. The van der Waals surface area contributed by atoms with Gasteiger partial charge in [0.1, 0.15) is 18.0 Å². The second-order valence-corrected chi connectivity index (χ2v) is 10.9. The number of carbonyl (C=O) groups is 2. The van der Waals surface area contributed by atoms with Gasteiger partial charge in [-0.15, -0.1) is 0 Å². The van der Waals surface area contributed by atoms with Crippen LogP contribution in [0.25, 0.3) is 0 Å². The quantitative estimate of drug-likeness (QED) is 0.137. The van der Waals surface area contributed by atoms with Gasteiger partial charge in [0.25, 0.3) is 0 Å². The lowest BCUT2D eigenvalue weighted by molar-refractivity contribution is -0.143. The highest BCUT2D eigenvalue weighted by molar-refractivity contribution is 9.10. The van der Waals surface area contributed by atoms with E-state index in [1.807, 2.05) is 60.7 Å². The largest absolute Gasteiger partial charge is 0.461 e. The van der Waals surface area contributed by atoms with Gasteiger partial charge in [0.2, 0.25) is 0 Å². The Morgan fingerprint density at radius 3 is 1.62 bits per heavy atom. The summed E-state index contributed by atoms with van der Waals surface area (Å²) >= 11 is 15.3. The molecule has 0 heterocycles. The molecule has 0 saturated carbocycles. The monoisotopic (exact) mass is 553 g/mol. The second kappa shape index (κ2) is 11.8. The Morgan fingerprint density at radius 2 is 1.19 bits per heavy atom. The number of benzene rings is 3. The van der Waals surface area contributed by atoms with E-state index in [9.17, 15) is 9.59 Å². The van der Waals surface area contributed by atoms with Crippen LogP contribution in [0.5, 0.6) is 0 Å². The van der Waals surface area contributed by atoms with Crippen molar-refractivity contribution in [2.75, 3.05) is 13.2 Å². The van der Waals surface area contributed by atoms with Gasteiger partial charge >= 0.3 is 11.9 Å². The Bertz CT molecular complexity index is 1010. The van der Waals surface area contributed by atoms with Crippen LogP contribution in [0.1, 0.15) is 17.3 Å². The third-order valence-corrected chi connectivity index (χ3v) is 7.42. The molecule has 0 aliphatic rings. The summed E-state index contributed by atoms with van der Waals surface area (Å²) in [4.78, 5) is 26.5. The van der Waals surface area contributed by atoms with Crippen LogP contribution in [0.2, 0.25) is 10.0 Å². The zero-order chi connectivity index (χ0) is 23.1. The molecule has 32 heavy (non-hydrogen) atoms. The predicted molar refractivity (Wildman–Crippen MR) is 131 cm³/mol. The maximum absolute atomic E-state index is 12.3. The number of alkyl halides is 1. The van der Waals surface area contributed by atoms with Gasteiger partial charge in [0.15, 0.2) is 14.7 Å². The average Bonchev–Trinajstić information content (AvgIpc) is 2.79. The molecule has 1 unspecified atom stereocenters. The third kappa shape index (κ3) is 6.75. The van der Waals surface area contributed by atoms with E-state index in [-0.39, 0.29) is 13.2 Å². The molecule has 0 radical (unpaired) electrons. The Balaban J connectivity index is 1.74. The van der Waals surface area contributed by atoms with Gasteiger partial charge in [-0.05, 0) is 79.7 Å². The highest BCUT2D eigenvalue weighted by Gasteiger charge is 2.29. The zero-order valence-electron chi connectivity index (χ0n) is 17.1. The number of hydrogen-bond acceptors (Lipinski definition) is 4. The summed E-state index contributed by atoms with van der Waals surface area (Å²) in [5.41, 5.74) is 0.421. The van der Waals surface area contributed by atoms with Crippen molar-refractivity contribution in [3.05, 3.63) is 88.4 Å². The van der Waals surface area contributed by atoms with Crippen molar-refractivity contribution in [1.82, 2.24) is 0 Å². The van der Waals surface area contributed by atoms with E-state index in [0.29, 0.717) is 15.6 Å². The number of ether oxygens (including phenoxy) is 2. The van der Waals surface area contributed by atoms with Crippen molar-refractivity contribution >= 4 is 62.0 Å². The summed E-state index contributed by atoms with van der Waals surface area (Å²) in [5.74, 6) is -0.876. The fraction of sp³-hybridized carbons (Fsp3) is 0.167. The molecule has 3 aromatic rings. The van der Waals surface area contributed by atoms with Crippen molar-refractivity contribution in [2.24, 2.45) is 0 Å². The molecule has 0 aliphatic heterocycles. The molecule has 0 spiro atoms. The van der Waals surface area contributed by atoms with E-state index in [2.05, 4.69) is 15.9 Å². The summed E-state index contributed by atoms with van der Waals surface area (Å²) in [7, 11) is -0.401. The van der Waals surface area contributed by atoms with E-state index in [1.165, 1.54) is 0 Å². The molecule has 3 aromatic carbocycles. The van der Waals surface area contributed by atoms with E-state index in [1.54, 1.807) is 19.1 Å². The van der Waals surface area contributed by atoms with Gasteiger partial charge in [-0.3, -0.25) is 4.79 Å². The van der Waals surface area contributed by atoms with Crippen molar-refractivity contribution in [1.29, 1.82) is 0 Å². The minimum Gasteiger partial charge on any atom is -0.461 e. The molecule has 0 aromatic heterocycles. The minimum atomic E-state index is -0.475. The van der Waals surface area contributed by atoms with E-state index in [0.717, 1.165) is 14.7 Å². The van der Waals surface area contributed by atoms with Gasteiger partial charge in [-0.25, -0.2) is 4.79 Å². The van der Waals surface area contributed by atoms with Gasteiger partial charge < -0.3 is 9.47 Å². The van der Waals surface area contributed by atoms with Gasteiger partial charge in [0.05, 0.1) is 16.5 Å². The minimum absolute atomic E-state index is 0.00797. The first-order chi connectivity index (χ1) is 15.3. The average molecular weight is 555 g/mol. The smallest absolute Gasteiger partial charge is 0.338 e. The van der Waals surface area contributed by atoms with Gasteiger partial charge in [-0.1, -0.05) is 39.1 Å².